The summed E-state index contributed by atoms with van der Waals surface area (Å²) < 4.78 is 9.92. The number of ether oxygens (including phenoxy) is 2. The van der Waals surface area contributed by atoms with Gasteiger partial charge in [0, 0.05) is 22.1 Å². The number of hydrogen-bond donors (Lipinski definition) is 1. The monoisotopic (exact) mass is 377 g/mol. The van der Waals surface area contributed by atoms with Gasteiger partial charge in [-0.15, -0.1) is 0 Å². The van der Waals surface area contributed by atoms with Crippen LogP contribution in [0.2, 0.25) is 0 Å². The zero-order valence-corrected chi connectivity index (χ0v) is 14.9. The van der Waals surface area contributed by atoms with E-state index in [-0.39, 0.29) is 12.4 Å². The molecule has 2 aromatic rings. The predicted octanol–water partition coefficient (Wildman–Crippen LogP) is 1.43. The zero-order valence-electron chi connectivity index (χ0n) is 14.9. The van der Waals surface area contributed by atoms with Crippen molar-refractivity contribution >= 4 is 34.7 Å². The number of nitrogens with zero attached hydrogens (tertiary/aromatic N) is 1. The third-order valence-corrected chi connectivity index (χ3v) is 5.70. The predicted molar refractivity (Wildman–Crippen MR) is 97.3 cm³/mol. The molecule has 3 aliphatic rings. The molecule has 7 nitrogen and oxygen atoms in total. The molecule has 28 heavy (non-hydrogen) atoms. The lowest BCUT2D eigenvalue weighted by molar-refractivity contribution is -0.152. The molecule has 2 heterocycles. The number of ketones is 1. The van der Waals surface area contributed by atoms with Crippen LogP contribution < -0.4 is 4.74 Å². The third kappa shape index (κ3) is 2.20. The summed E-state index contributed by atoms with van der Waals surface area (Å²) in [5, 5.41) is 11.0. The van der Waals surface area contributed by atoms with E-state index >= 15 is 0 Å². The minimum absolute atomic E-state index is 0.110. The van der Waals surface area contributed by atoms with Crippen LogP contribution in [-0.2, 0) is 25.5 Å². The first-order valence-electron chi connectivity index (χ1n) is 8.87. The van der Waals surface area contributed by atoms with Crippen molar-refractivity contribution in [2.45, 2.75) is 19.4 Å². The summed E-state index contributed by atoms with van der Waals surface area (Å²) in [7, 11) is 0. The highest BCUT2D eigenvalue weighted by Crippen LogP contribution is 2.44. The lowest BCUT2D eigenvalue weighted by Gasteiger charge is -2.28. The number of aliphatic hydroxyl groups is 1. The Balaban J connectivity index is 1.67. The second-order valence-electron chi connectivity index (χ2n) is 7.13. The van der Waals surface area contributed by atoms with E-state index in [2.05, 4.69) is 0 Å². The van der Waals surface area contributed by atoms with Crippen LogP contribution in [0.15, 0.2) is 35.4 Å². The topological polar surface area (TPSA) is 103 Å². The number of cyclic esters (lactones) is 1. The van der Waals surface area contributed by atoms with Crippen LogP contribution in [-0.4, -0.2) is 41.0 Å². The molecule has 1 unspecified atom stereocenters. The molecule has 0 radical (unpaired) electrons. The number of esters is 1. The summed E-state index contributed by atoms with van der Waals surface area (Å²) in [5.74, 6) is -0.813. The highest BCUT2D eigenvalue weighted by Gasteiger charge is 2.43. The number of carbonyl (C=O) groups excluding carboxylic acids is 3. The van der Waals surface area contributed by atoms with Gasteiger partial charge in [0.15, 0.2) is 11.9 Å². The van der Waals surface area contributed by atoms with Crippen molar-refractivity contribution in [1.82, 2.24) is 4.98 Å². The van der Waals surface area contributed by atoms with E-state index in [0.717, 1.165) is 22.1 Å². The second kappa shape index (κ2) is 5.84. The Morgan fingerprint density at radius 2 is 2.14 bits per heavy atom. The lowest BCUT2D eigenvalue weighted by atomic mass is 9.81. The van der Waals surface area contributed by atoms with Crippen LogP contribution in [0.3, 0.4) is 0 Å². The molecule has 140 valence electrons. The van der Waals surface area contributed by atoms with Crippen molar-refractivity contribution in [3.63, 3.8) is 0 Å². The van der Waals surface area contributed by atoms with Gasteiger partial charge in [-0.2, -0.15) is 0 Å². The number of aromatic nitrogens is 1. The van der Waals surface area contributed by atoms with E-state index in [1.54, 1.807) is 18.2 Å². The van der Waals surface area contributed by atoms with Gasteiger partial charge in [0.25, 0.3) is 6.47 Å². The first kappa shape index (κ1) is 16.8. The first-order chi connectivity index (χ1) is 13.5. The van der Waals surface area contributed by atoms with E-state index in [0.29, 0.717) is 41.0 Å². The highest BCUT2D eigenvalue weighted by atomic mass is 16.5. The van der Waals surface area contributed by atoms with Gasteiger partial charge in [0.2, 0.25) is 0 Å². The van der Waals surface area contributed by atoms with Gasteiger partial charge in [-0.3, -0.25) is 9.59 Å². The highest BCUT2D eigenvalue weighted by molar-refractivity contribution is 6.11. The number of carbonyl (C=O) groups is 3. The summed E-state index contributed by atoms with van der Waals surface area (Å²) in [5.41, 5.74) is 4.51. The fourth-order valence-corrected chi connectivity index (χ4v) is 4.25. The molecule has 0 amide bonds. The lowest BCUT2D eigenvalue weighted by Crippen LogP contribution is -2.37. The molecule has 0 spiro atoms. The molecule has 0 bridgehead atoms. The fourth-order valence-electron chi connectivity index (χ4n) is 4.25. The minimum atomic E-state index is -1.45. The number of fused-ring (bicyclic) bond motifs is 4. The van der Waals surface area contributed by atoms with Gasteiger partial charge in [0.05, 0.1) is 17.1 Å². The van der Waals surface area contributed by atoms with Crippen LogP contribution in [0.25, 0.3) is 16.5 Å². The van der Waals surface area contributed by atoms with Crippen molar-refractivity contribution in [3.8, 4) is 5.75 Å². The maximum atomic E-state index is 13.0. The van der Waals surface area contributed by atoms with Gasteiger partial charge in [-0.25, -0.2) is 9.78 Å². The average Bonchev–Trinajstić information content (AvgIpc) is 3.04. The standard InChI is InChI=1S/C21H15NO6/c1-9-11-4-10-5-13-12(18(10)22-16(11)2-3-17(9)28-8-23)6-14-15(19(13)24)7-27-21(26)20(14)25/h2-4,6,8,13,20,25H,5,7H2,1H3/t13?,20-/m0/s1. The molecule has 1 aliphatic heterocycles. The van der Waals surface area contributed by atoms with Crippen LogP contribution in [0.4, 0.5) is 0 Å². The fraction of sp³-hybridized carbons (Fsp3) is 0.238. The van der Waals surface area contributed by atoms with E-state index in [9.17, 15) is 19.5 Å². The molecule has 1 aromatic carbocycles. The smallest absolute Gasteiger partial charge is 0.340 e. The Hall–Kier alpha value is -3.32. The number of aliphatic hydroxyl groups excluding tert-OH is 1. The number of rotatable bonds is 2. The summed E-state index contributed by atoms with van der Waals surface area (Å²) in [6.45, 7) is 2.13. The Bertz CT molecular complexity index is 1160. The van der Waals surface area contributed by atoms with Gasteiger partial charge in [-0.1, -0.05) is 0 Å². The van der Waals surface area contributed by atoms with E-state index in [4.69, 9.17) is 14.5 Å². The third-order valence-electron chi connectivity index (χ3n) is 5.70. The van der Waals surface area contributed by atoms with E-state index < -0.39 is 18.0 Å². The molecule has 2 atom stereocenters. The Labute approximate surface area is 159 Å². The number of hydrogen-bond acceptors (Lipinski definition) is 7. The normalized spacial score (nSPS) is 23.0. The molecule has 7 heteroatoms. The zero-order chi connectivity index (χ0) is 19.6. The molecule has 1 aromatic heterocycles. The largest absolute Gasteiger partial charge is 0.458 e. The van der Waals surface area contributed by atoms with Gasteiger partial charge in [0.1, 0.15) is 12.4 Å². The summed E-state index contributed by atoms with van der Waals surface area (Å²) in [6, 6.07) is 5.41. The SMILES string of the molecule is Cc1c(OC=O)ccc2nc3c(cc12)CC1C(=O)C2=C(C=C31)[C@H](O)C(=O)OC2. The minimum Gasteiger partial charge on any atom is -0.458 e. The summed E-state index contributed by atoms with van der Waals surface area (Å²) in [6.07, 6.45) is 0.756. The van der Waals surface area contributed by atoms with Crippen molar-refractivity contribution < 1.29 is 29.0 Å². The molecular formula is C21H15NO6. The van der Waals surface area contributed by atoms with Crippen molar-refractivity contribution in [2.24, 2.45) is 5.92 Å². The van der Waals surface area contributed by atoms with Crippen molar-refractivity contribution in [3.05, 3.63) is 52.2 Å². The molecule has 0 fully saturated rings. The molecule has 0 saturated carbocycles. The van der Waals surface area contributed by atoms with Crippen LogP contribution in [0.1, 0.15) is 16.8 Å². The Morgan fingerprint density at radius 3 is 2.93 bits per heavy atom. The van der Waals surface area contributed by atoms with Crippen molar-refractivity contribution in [2.75, 3.05) is 6.61 Å². The van der Waals surface area contributed by atoms with Gasteiger partial charge < -0.3 is 14.6 Å². The molecule has 2 aliphatic carbocycles. The number of benzene rings is 1. The Kier molecular flexibility index (Phi) is 3.51. The molecule has 0 saturated heterocycles. The number of aryl methyl sites for hydroxylation is 1. The molecule has 1 N–H and O–H groups in total. The molecular weight excluding hydrogens is 362 g/mol. The maximum absolute atomic E-state index is 13.0. The number of allylic oxidation sites excluding steroid dienone is 1. The first-order valence-corrected chi connectivity index (χ1v) is 8.87. The quantitative estimate of drug-likeness (QED) is 0.624. The van der Waals surface area contributed by atoms with Crippen LogP contribution in [0, 0.1) is 12.8 Å². The Morgan fingerprint density at radius 1 is 1.32 bits per heavy atom. The van der Waals surface area contributed by atoms with E-state index in [1.807, 2.05) is 13.0 Å². The van der Waals surface area contributed by atoms with Crippen molar-refractivity contribution in [1.29, 1.82) is 0 Å². The summed E-state index contributed by atoms with van der Waals surface area (Å²) in [4.78, 5) is 40.1. The van der Waals surface area contributed by atoms with Gasteiger partial charge >= 0.3 is 5.97 Å². The number of Topliss-reactive ketones (excluding diaryl/α,β-unsaturated/α-hetero) is 1. The van der Waals surface area contributed by atoms with Crippen LogP contribution in [0.5, 0.6) is 5.75 Å². The summed E-state index contributed by atoms with van der Waals surface area (Å²) >= 11 is 0. The molecule has 5 rings (SSSR count). The van der Waals surface area contributed by atoms with E-state index in [1.165, 1.54) is 0 Å². The van der Waals surface area contributed by atoms with Gasteiger partial charge in [-0.05, 0) is 48.8 Å². The number of pyridine rings is 1. The maximum Gasteiger partial charge on any atom is 0.340 e. The van der Waals surface area contributed by atoms with Crippen LogP contribution >= 0.6 is 0 Å². The second-order valence-corrected chi connectivity index (χ2v) is 7.13. The average molecular weight is 377 g/mol.